The molecule has 0 unspecified atom stereocenters. The maximum atomic E-state index is 11.3. The highest BCUT2D eigenvalue weighted by molar-refractivity contribution is 7.91. The molecule has 1 N–H and O–H groups in total. The van der Waals surface area contributed by atoms with Crippen LogP contribution in [-0.4, -0.2) is 49.0 Å². The first-order valence-electron chi connectivity index (χ1n) is 5.88. The largest absolute Gasteiger partial charge is 0.463 e. The summed E-state index contributed by atoms with van der Waals surface area (Å²) in [5, 5.41) is 3.11. The summed E-state index contributed by atoms with van der Waals surface area (Å²) < 4.78 is 27.2. The zero-order valence-electron chi connectivity index (χ0n) is 10.5. The quantitative estimate of drug-likeness (QED) is 0.795. The average Bonchev–Trinajstić information content (AvgIpc) is 2.41. The summed E-state index contributed by atoms with van der Waals surface area (Å²) in [6, 6.07) is 1.68. The summed E-state index contributed by atoms with van der Waals surface area (Å²) in [5.41, 5.74) is 0. The standard InChI is InChI=1S/C11H15N3O4S/c1-18-11(15)10-12-5-2-9(14-10)13-8-3-6-19(16,17)7-4-8/h2,5,8H,3-4,6-7H2,1H3,(H,12,13,14). The number of nitrogens with one attached hydrogen (secondary N) is 1. The number of anilines is 1. The lowest BCUT2D eigenvalue weighted by molar-refractivity contribution is 0.0587. The predicted octanol–water partition coefficient (Wildman–Crippen LogP) is 0.252. The summed E-state index contributed by atoms with van der Waals surface area (Å²) in [6.07, 6.45) is 2.54. The van der Waals surface area contributed by atoms with Crippen molar-refractivity contribution >= 4 is 21.6 Å². The van der Waals surface area contributed by atoms with Crippen LogP contribution in [0.2, 0.25) is 0 Å². The second-order valence-corrected chi connectivity index (χ2v) is 6.63. The van der Waals surface area contributed by atoms with Gasteiger partial charge >= 0.3 is 5.97 Å². The van der Waals surface area contributed by atoms with Gasteiger partial charge in [0.25, 0.3) is 0 Å². The van der Waals surface area contributed by atoms with Gasteiger partial charge in [-0.3, -0.25) is 0 Å². The number of rotatable bonds is 3. The summed E-state index contributed by atoms with van der Waals surface area (Å²) in [6.45, 7) is 0. The monoisotopic (exact) mass is 285 g/mol. The molecule has 0 aliphatic carbocycles. The number of ether oxygens (including phenoxy) is 1. The summed E-state index contributed by atoms with van der Waals surface area (Å²) in [5.74, 6) is 0.240. The van der Waals surface area contributed by atoms with Crippen LogP contribution < -0.4 is 5.32 Å². The van der Waals surface area contributed by atoms with Crippen molar-refractivity contribution in [1.29, 1.82) is 0 Å². The Morgan fingerprint density at radius 3 is 2.74 bits per heavy atom. The topological polar surface area (TPSA) is 98.2 Å². The molecule has 1 aromatic rings. The Morgan fingerprint density at radius 2 is 2.11 bits per heavy atom. The normalized spacial score (nSPS) is 18.8. The lowest BCUT2D eigenvalue weighted by Crippen LogP contribution is -2.32. The van der Waals surface area contributed by atoms with Gasteiger partial charge in [-0.15, -0.1) is 0 Å². The maximum Gasteiger partial charge on any atom is 0.376 e. The number of methoxy groups -OCH3 is 1. The molecule has 2 rings (SSSR count). The number of carbonyl (C=O) groups is 1. The molecular formula is C11H15N3O4S. The van der Waals surface area contributed by atoms with E-state index in [1.807, 2.05) is 0 Å². The molecule has 0 spiro atoms. The van der Waals surface area contributed by atoms with Gasteiger partial charge in [0, 0.05) is 12.2 Å². The second-order valence-electron chi connectivity index (χ2n) is 4.33. The fourth-order valence-corrected chi connectivity index (χ4v) is 3.36. The zero-order chi connectivity index (χ0) is 13.9. The van der Waals surface area contributed by atoms with Crippen LogP contribution in [0.5, 0.6) is 0 Å². The van der Waals surface area contributed by atoms with Crippen molar-refractivity contribution in [3.63, 3.8) is 0 Å². The fraction of sp³-hybridized carbons (Fsp3) is 0.545. The van der Waals surface area contributed by atoms with E-state index in [2.05, 4.69) is 20.0 Å². The third-order valence-electron chi connectivity index (χ3n) is 2.93. The van der Waals surface area contributed by atoms with Crippen LogP contribution >= 0.6 is 0 Å². The minimum atomic E-state index is -2.88. The molecule has 8 heteroatoms. The van der Waals surface area contributed by atoms with Gasteiger partial charge in [0.15, 0.2) is 0 Å². The van der Waals surface area contributed by atoms with Gasteiger partial charge in [0.05, 0.1) is 18.6 Å². The van der Waals surface area contributed by atoms with Crippen molar-refractivity contribution < 1.29 is 17.9 Å². The van der Waals surface area contributed by atoms with Crippen LogP contribution in [0.3, 0.4) is 0 Å². The predicted molar refractivity (Wildman–Crippen MR) is 68.7 cm³/mol. The van der Waals surface area contributed by atoms with Crippen LogP contribution in [0.15, 0.2) is 12.3 Å². The van der Waals surface area contributed by atoms with Gasteiger partial charge in [-0.05, 0) is 18.9 Å². The highest BCUT2D eigenvalue weighted by Gasteiger charge is 2.23. The van der Waals surface area contributed by atoms with Gasteiger partial charge in [0.1, 0.15) is 15.7 Å². The van der Waals surface area contributed by atoms with Crippen molar-refractivity contribution in [1.82, 2.24) is 9.97 Å². The molecule has 0 amide bonds. The van der Waals surface area contributed by atoms with E-state index in [1.54, 1.807) is 6.07 Å². The Bertz CT molecular complexity index is 559. The molecule has 2 heterocycles. The van der Waals surface area contributed by atoms with Gasteiger partial charge in [-0.1, -0.05) is 0 Å². The molecule has 0 radical (unpaired) electrons. The molecule has 1 aromatic heterocycles. The Balaban J connectivity index is 2.02. The zero-order valence-corrected chi connectivity index (χ0v) is 11.3. The van der Waals surface area contributed by atoms with Crippen LogP contribution in [0, 0.1) is 0 Å². The van der Waals surface area contributed by atoms with E-state index in [0.29, 0.717) is 18.7 Å². The van der Waals surface area contributed by atoms with E-state index in [-0.39, 0.29) is 23.4 Å². The highest BCUT2D eigenvalue weighted by atomic mass is 32.2. The van der Waals surface area contributed by atoms with Crippen LogP contribution in [0.1, 0.15) is 23.5 Å². The van der Waals surface area contributed by atoms with E-state index in [0.717, 1.165) is 0 Å². The first-order chi connectivity index (χ1) is 9.00. The molecule has 0 atom stereocenters. The van der Waals surface area contributed by atoms with Crippen molar-refractivity contribution in [2.45, 2.75) is 18.9 Å². The Kier molecular flexibility index (Phi) is 3.98. The number of sulfone groups is 1. The Morgan fingerprint density at radius 1 is 1.42 bits per heavy atom. The molecular weight excluding hydrogens is 270 g/mol. The van der Waals surface area contributed by atoms with Crippen LogP contribution in [0.25, 0.3) is 0 Å². The summed E-state index contributed by atoms with van der Waals surface area (Å²) in [7, 11) is -1.62. The van der Waals surface area contributed by atoms with Crippen molar-refractivity contribution in [3.8, 4) is 0 Å². The van der Waals surface area contributed by atoms with E-state index in [9.17, 15) is 13.2 Å². The molecule has 1 saturated heterocycles. The van der Waals surface area contributed by atoms with Gasteiger partial charge in [-0.25, -0.2) is 23.2 Å². The van der Waals surface area contributed by atoms with E-state index < -0.39 is 15.8 Å². The third kappa shape index (κ3) is 3.63. The summed E-state index contributed by atoms with van der Waals surface area (Å²) >= 11 is 0. The number of hydrogen-bond donors (Lipinski definition) is 1. The fourth-order valence-electron chi connectivity index (χ4n) is 1.87. The molecule has 1 aliphatic heterocycles. The summed E-state index contributed by atoms with van der Waals surface area (Å²) in [4.78, 5) is 19.1. The third-order valence-corrected chi connectivity index (χ3v) is 4.65. The smallest absolute Gasteiger partial charge is 0.376 e. The molecule has 1 fully saturated rings. The van der Waals surface area contributed by atoms with Gasteiger partial charge in [-0.2, -0.15) is 0 Å². The number of aromatic nitrogens is 2. The van der Waals surface area contributed by atoms with Gasteiger partial charge in [0.2, 0.25) is 5.82 Å². The van der Waals surface area contributed by atoms with Crippen LogP contribution in [-0.2, 0) is 14.6 Å². The van der Waals surface area contributed by atoms with Gasteiger partial charge < -0.3 is 10.1 Å². The van der Waals surface area contributed by atoms with Crippen LogP contribution in [0.4, 0.5) is 5.82 Å². The Hall–Kier alpha value is -1.70. The number of carbonyl (C=O) groups excluding carboxylic acids is 1. The van der Waals surface area contributed by atoms with E-state index >= 15 is 0 Å². The maximum absolute atomic E-state index is 11.3. The van der Waals surface area contributed by atoms with Crippen molar-refractivity contribution in [2.75, 3.05) is 23.9 Å². The molecule has 1 aliphatic rings. The minimum absolute atomic E-state index is 0.0177. The van der Waals surface area contributed by atoms with E-state index in [1.165, 1.54) is 13.3 Å². The minimum Gasteiger partial charge on any atom is -0.463 e. The number of hydrogen-bond acceptors (Lipinski definition) is 7. The molecule has 0 saturated carbocycles. The van der Waals surface area contributed by atoms with Crippen molar-refractivity contribution in [2.24, 2.45) is 0 Å². The molecule has 0 aromatic carbocycles. The average molecular weight is 285 g/mol. The lowest BCUT2D eigenvalue weighted by atomic mass is 10.1. The molecule has 104 valence electrons. The Labute approximate surface area is 111 Å². The molecule has 0 bridgehead atoms. The van der Waals surface area contributed by atoms with Crippen molar-refractivity contribution in [3.05, 3.63) is 18.1 Å². The first kappa shape index (κ1) is 13.7. The number of nitrogens with zero attached hydrogens (tertiary/aromatic N) is 2. The SMILES string of the molecule is COC(=O)c1nccc(NC2CCS(=O)(=O)CC2)n1. The lowest BCUT2D eigenvalue weighted by Gasteiger charge is -2.23. The number of esters is 1. The highest BCUT2D eigenvalue weighted by Crippen LogP contribution is 2.16. The molecule has 19 heavy (non-hydrogen) atoms. The first-order valence-corrected chi connectivity index (χ1v) is 7.70. The molecule has 7 nitrogen and oxygen atoms in total. The van der Waals surface area contributed by atoms with E-state index in [4.69, 9.17) is 0 Å². The second kappa shape index (κ2) is 5.52.